The minimum absolute atomic E-state index is 0.129. The third-order valence-electron chi connectivity index (χ3n) is 3.03. The zero-order valence-corrected chi connectivity index (χ0v) is 11.9. The molecule has 0 bridgehead atoms. The van der Waals surface area contributed by atoms with Crippen LogP contribution in [0, 0.1) is 0 Å². The lowest BCUT2D eigenvalue weighted by molar-refractivity contribution is -0.121. The number of methoxy groups -OCH3 is 1. The molecule has 3 N–H and O–H groups in total. The van der Waals surface area contributed by atoms with Crippen molar-refractivity contribution in [2.24, 2.45) is 0 Å². The topological polar surface area (TPSA) is 82.7 Å². The van der Waals surface area contributed by atoms with E-state index < -0.39 is 6.03 Å². The van der Waals surface area contributed by atoms with Crippen molar-refractivity contribution in [3.8, 4) is 0 Å². The van der Waals surface area contributed by atoms with Gasteiger partial charge in [-0.25, -0.2) is 4.79 Å². The highest BCUT2D eigenvalue weighted by Gasteiger charge is 2.21. The zero-order chi connectivity index (χ0) is 14.3. The van der Waals surface area contributed by atoms with Gasteiger partial charge in [0.25, 0.3) is 0 Å². The van der Waals surface area contributed by atoms with Gasteiger partial charge in [0.1, 0.15) is 0 Å². The van der Waals surface area contributed by atoms with Crippen molar-refractivity contribution in [3.63, 3.8) is 0 Å². The number of nitrogens with one attached hydrogen (secondary N) is 3. The third-order valence-corrected chi connectivity index (χ3v) is 3.03. The summed E-state index contributed by atoms with van der Waals surface area (Å²) in [4.78, 5) is 25.3. The van der Waals surface area contributed by atoms with Crippen molar-refractivity contribution in [3.05, 3.63) is 0 Å². The molecule has 0 saturated carbocycles. The Morgan fingerprint density at radius 1 is 1.53 bits per heavy atom. The van der Waals surface area contributed by atoms with Crippen LogP contribution in [0.25, 0.3) is 0 Å². The first-order valence-electron chi connectivity index (χ1n) is 6.57. The summed E-state index contributed by atoms with van der Waals surface area (Å²) < 4.78 is 4.90. The van der Waals surface area contributed by atoms with E-state index in [1.54, 1.807) is 7.11 Å². The molecule has 0 aliphatic carbocycles. The van der Waals surface area contributed by atoms with Gasteiger partial charge in [-0.2, -0.15) is 0 Å². The number of urea groups is 1. The molecule has 1 heterocycles. The molecule has 2 atom stereocenters. The smallest absolute Gasteiger partial charge is 0.321 e. The average Bonchev–Trinajstić information content (AvgIpc) is 2.31. The zero-order valence-electron chi connectivity index (χ0n) is 11.9. The molecule has 7 nitrogen and oxygen atoms in total. The molecule has 0 aromatic rings. The first-order valence-corrected chi connectivity index (χ1v) is 6.57. The molecule has 0 aromatic carbocycles. The van der Waals surface area contributed by atoms with Gasteiger partial charge in [-0.1, -0.05) is 0 Å². The molecule has 1 fully saturated rings. The highest BCUT2D eigenvalue weighted by Crippen LogP contribution is 2.00. The second-order valence-corrected chi connectivity index (χ2v) is 4.90. The lowest BCUT2D eigenvalue weighted by Gasteiger charge is -2.33. The molecule has 19 heavy (non-hydrogen) atoms. The summed E-state index contributed by atoms with van der Waals surface area (Å²) >= 11 is 0. The minimum Gasteiger partial charge on any atom is -0.383 e. The van der Waals surface area contributed by atoms with E-state index in [2.05, 4.69) is 27.8 Å². The number of carbonyl (C=O) groups is 2. The van der Waals surface area contributed by atoms with Gasteiger partial charge in [-0.3, -0.25) is 15.0 Å². The number of piperazine rings is 1. The number of ether oxygens (including phenoxy) is 1. The Hall–Kier alpha value is -1.18. The number of imide groups is 1. The van der Waals surface area contributed by atoms with E-state index in [1.807, 2.05) is 6.92 Å². The third kappa shape index (κ3) is 6.00. The molecule has 0 aromatic heterocycles. The van der Waals surface area contributed by atoms with Crippen LogP contribution in [0.1, 0.15) is 13.8 Å². The van der Waals surface area contributed by atoms with Crippen molar-refractivity contribution in [2.75, 3.05) is 39.9 Å². The molecule has 110 valence electrons. The van der Waals surface area contributed by atoms with Gasteiger partial charge in [0.2, 0.25) is 5.91 Å². The average molecular weight is 272 g/mol. The van der Waals surface area contributed by atoms with Gasteiger partial charge < -0.3 is 15.4 Å². The van der Waals surface area contributed by atoms with Gasteiger partial charge in [-0.05, 0) is 13.8 Å². The molecule has 1 rings (SSSR count). The Labute approximate surface area is 114 Å². The fraction of sp³-hybridized carbons (Fsp3) is 0.833. The SMILES string of the molecule is COCC(C)NC(=O)NC(=O)CN1CCNC[C@H]1C. The van der Waals surface area contributed by atoms with E-state index >= 15 is 0 Å². The standard InChI is InChI=1S/C12H24N4O3/c1-9(8-19-3)14-12(18)15-11(17)7-16-5-4-13-6-10(16)2/h9-10,13H,4-8H2,1-3H3,(H2,14,15,17,18)/t9?,10-/m1/s1. The summed E-state index contributed by atoms with van der Waals surface area (Å²) in [6, 6.07) is -0.303. The predicted molar refractivity (Wildman–Crippen MR) is 71.9 cm³/mol. The van der Waals surface area contributed by atoms with Crippen molar-refractivity contribution in [1.82, 2.24) is 20.9 Å². The van der Waals surface area contributed by atoms with Gasteiger partial charge in [-0.15, -0.1) is 0 Å². The van der Waals surface area contributed by atoms with E-state index in [4.69, 9.17) is 4.74 Å². The van der Waals surface area contributed by atoms with Gasteiger partial charge in [0, 0.05) is 32.8 Å². The molecular formula is C12H24N4O3. The van der Waals surface area contributed by atoms with Crippen molar-refractivity contribution < 1.29 is 14.3 Å². The van der Waals surface area contributed by atoms with E-state index in [-0.39, 0.29) is 18.5 Å². The molecular weight excluding hydrogens is 248 g/mol. The number of nitrogens with zero attached hydrogens (tertiary/aromatic N) is 1. The van der Waals surface area contributed by atoms with Crippen LogP contribution in [0.15, 0.2) is 0 Å². The van der Waals surface area contributed by atoms with Crippen LogP contribution in [0.3, 0.4) is 0 Å². The maximum absolute atomic E-state index is 11.7. The molecule has 1 aliphatic heterocycles. The van der Waals surface area contributed by atoms with E-state index in [0.717, 1.165) is 19.6 Å². The number of hydrogen-bond acceptors (Lipinski definition) is 5. The minimum atomic E-state index is -0.475. The summed E-state index contributed by atoms with van der Waals surface area (Å²) in [6.45, 7) is 7.08. The predicted octanol–water partition coefficient (Wildman–Crippen LogP) is -0.859. The molecule has 0 spiro atoms. The summed E-state index contributed by atoms with van der Waals surface area (Å²) in [6.07, 6.45) is 0. The van der Waals surface area contributed by atoms with E-state index in [9.17, 15) is 9.59 Å². The van der Waals surface area contributed by atoms with Crippen LogP contribution in [0.5, 0.6) is 0 Å². The number of amides is 3. The second kappa shape index (κ2) is 8.08. The normalized spacial score (nSPS) is 21.7. The van der Waals surface area contributed by atoms with E-state index in [0.29, 0.717) is 12.6 Å². The molecule has 1 unspecified atom stereocenters. The largest absolute Gasteiger partial charge is 0.383 e. The molecule has 0 radical (unpaired) electrons. The lowest BCUT2D eigenvalue weighted by Crippen LogP contribution is -2.54. The summed E-state index contributed by atoms with van der Waals surface area (Å²) in [5.74, 6) is -0.282. The van der Waals surface area contributed by atoms with Crippen molar-refractivity contribution in [2.45, 2.75) is 25.9 Å². The first kappa shape index (κ1) is 15.9. The molecule has 3 amide bonds. The van der Waals surface area contributed by atoms with Gasteiger partial charge in [0.05, 0.1) is 19.2 Å². The fourth-order valence-corrected chi connectivity index (χ4v) is 2.02. The van der Waals surface area contributed by atoms with E-state index in [1.165, 1.54) is 0 Å². The fourth-order valence-electron chi connectivity index (χ4n) is 2.02. The van der Waals surface area contributed by atoms with Gasteiger partial charge >= 0.3 is 6.03 Å². The Morgan fingerprint density at radius 2 is 2.26 bits per heavy atom. The number of rotatable bonds is 5. The molecule has 1 aliphatic rings. The Morgan fingerprint density at radius 3 is 2.89 bits per heavy atom. The highest BCUT2D eigenvalue weighted by molar-refractivity contribution is 5.95. The first-order chi connectivity index (χ1) is 9.02. The maximum atomic E-state index is 11.7. The summed E-state index contributed by atoms with van der Waals surface area (Å²) in [5.41, 5.74) is 0. The Balaban J connectivity index is 2.28. The number of carbonyl (C=O) groups excluding carboxylic acids is 2. The second-order valence-electron chi connectivity index (χ2n) is 4.90. The molecule has 7 heteroatoms. The monoisotopic (exact) mass is 272 g/mol. The number of hydrogen-bond donors (Lipinski definition) is 3. The Kier molecular flexibility index (Phi) is 6.75. The van der Waals surface area contributed by atoms with Gasteiger partial charge in [0.15, 0.2) is 0 Å². The van der Waals surface area contributed by atoms with Crippen molar-refractivity contribution in [1.29, 1.82) is 0 Å². The van der Waals surface area contributed by atoms with Crippen LogP contribution in [0.2, 0.25) is 0 Å². The molecule has 1 saturated heterocycles. The van der Waals surface area contributed by atoms with Crippen LogP contribution < -0.4 is 16.0 Å². The van der Waals surface area contributed by atoms with Crippen molar-refractivity contribution >= 4 is 11.9 Å². The Bertz CT molecular complexity index is 311. The highest BCUT2D eigenvalue weighted by atomic mass is 16.5. The van der Waals surface area contributed by atoms with Crippen LogP contribution in [-0.4, -0.2) is 68.8 Å². The summed E-state index contributed by atoms with van der Waals surface area (Å²) in [7, 11) is 1.56. The lowest BCUT2D eigenvalue weighted by atomic mass is 10.2. The van der Waals surface area contributed by atoms with Crippen LogP contribution >= 0.6 is 0 Å². The maximum Gasteiger partial charge on any atom is 0.321 e. The van der Waals surface area contributed by atoms with Crippen LogP contribution in [0.4, 0.5) is 4.79 Å². The van der Waals surface area contributed by atoms with Crippen LogP contribution in [-0.2, 0) is 9.53 Å². The summed E-state index contributed by atoms with van der Waals surface area (Å²) in [5, 5.41) is 8.22. The quantitative estimate of drug-likeness (QED) is 0.607.